The lowest BCUT2D eigenvalue weighted by Gasteiger charge is -2.31. The molecule has 0 aliphatic carbocycles. The molecule has 3 aromatic rings. The highest BCUT2D eigenvalue weighted by Gasteiger charge is 2.28. The molecular formula is C31H34N2O5. The second-order valence-electron chi connectivity index (χ2n) is 9.32. The smallest absolute Gasteiger partial charge is 0.309 e. The van der Waals surface area contributed by atoms with Crippen molar-refractivity contribution in [1.82, 2.24) is 4.90 Å². The van der Waals surface area contributed by atoms with Gasteiger partial charge in [-0.2, -0.15) is 0 Å². The van der Waals surface area contributed by atoms with Crippen LogP contribution in [0.4, 0.5) is 5.69 Å². The number of esters is 1. The average molecular weight is 515 g/mol. The number of benzene rings is 3. The number of para-hydroxylation sites is 1. The van der Waals surface area contributed by atoms with Crippen molar-refractivity contribution in [3.8, 4) is 5.75 Å². The molecule has 1 heterocycles. The molecule has 2 amide bonds. The van der Waals surface area contributed by atoms with Crippen molar-refractivity contribution in [2.75, 3.05) is 31.2 Å². The molecule has 0 atom stereocenters. The SMILES string of the molecule is CCOC(=O)C1CCN(C(=O)Cc2ccc(N(Cc3ccccc3)C(=O)COc3ccccc3)cc2)CC1. The summed E-state index contributed by atoms with van der Waals surface area (Å²) in [5.74, 6) is 0.219. The standard InChI is InChI=1S/C31H34N2O5/c1-2-37-31(36)26-17-19-32(20-18-26)29(34)21-24-13-15-27(16-14-24)33(22-25-9-5-3-6-10-25)30(35)23-38-28-11-7-4-8-12-28/h3-16,26H,2,17-23H2,1H3. The molecule has 0 aromatic heterocycles. The van der Waals surface area contributed by atoms with E-state index in [0.29, 0.717) is 44.8 Å². The van der Waals surface area contributed by atoms with Gasteiger partial charge in [0.25, 0.3) is 5.91 Å². The zero-order valence-electron chi connectivity index (χ0n) is 21.8. The highest BCUT2D eigenvalue weighted by molar-refractivity contribution is 5.94. The molecule has 0 unspecified atom stereocenters. The summed E-state index contributed by atoms with van der Waals surface area (Å²) in [6, 6.07) is 26.6. The Labute approximate surface area is 224 Å². The summed E-state index contributed by atoms with van der Waals surface area (Å²) in [4.78, 5) is 41.6. The van der Waals surface area contributed by atoms with Crippen LogP contribution in [0, 0.1) is 5.92 Å². The second kappa shape index (κ2) is 13.4. The van der Waals surface area contributed by atoms with Crippen molar-refractivity contribution in [2.45, 2.75) is 32.7 Å². The number of hydrogen-bond acceptors (Lipinski definition) is 5. The molecule has 7 heteroatoms. The van der Waals surface area contributed by atoms with E-state index in [1.54, 1.807) is 11.8 Å². The average Bonchev–Trinajstić information content (AvgIpc) is 2.96. The van der Waals surface area contributed by atoms with Crippen LogP contribution in [-0.4, -0.2) is 49.0 Å². The van der Waals surface area contributed by atoms with Crippen molar-refractivity contribution in [2.24, 2.45) is 5.92 Å². The molecule has 1 aliphatic rings. The topological polar surface area (TPSA) is 76.2 Å². The Balaban J connectivity index is 1.38. The number of ether oxygens (including phenoxy) is 2. The number of likely N-dealkylation sites (tertiary alicyclic amines) is 1. The van der Waals surface area contributed by atoms with Crippen molar-refractivity contribution < 1.29 is 23.9 Å². The van der Waals surface area contributed by atoms with E-state index in [1.807, 2.05) is 89.8 Å². The number of hydrogen-bond donors (Lipinski definition) is 0. The second-order valence-corrected chi connectivity index (χ2v) is 9.32. The van der Waals surface area contributed by atoms with Gasteiger partial charge in [-0.1, -0.05) is 60.7 Å². The highest BCUT2D eigenvalue weighted by atomic mass is 16.5. The quantitative estimate of drug-likeness (QED) is 0.369. The van der Waals surface area contributed by atoms with Gasteiger partial charge in [-0.3, -0.25) is 14.4 Å². The van der Waals surface area contributed by atoms with Crippen molar-refractivity contribution in [1.29, 1.82) is 0 Å². The van der Waals surface area contributed by atoms with E-state index in [-0.39, 0.29) is 36.7 Å². The summed E-state index contributed by atoms with van der Waals surface area (Å²) >= 11 is 0. The Bertz CT molecular complexity index is 1190. The Kier molecular flexibility index (Phi) is 9.51. The van der Waals surface area contributed by atoms with Crippen molar-refractivity contribution in [3.05, 3.63) is 96.1 Å². The first-order valence-corrected chi connectivity index (χ1v) is 13.1. The molecule has 0 N–H and O–H groups in total. The summed E-state index contributed by atoms with van der Waals surface area (Å²) in [6.07, 6.45) is 1.53. The fraction of sp³-hybridized carbons (Fsp3) is 0.323. The van der Waals surface area contributed by atoms with Crippen LogP contribution < -0.4 is 9.64 Å². The molecule has 3 aromatic carbocycles. The third-order valence-corrected chi connectivity index (χ3v) is 6.66. The number of anilines is 1. The minimum absolute atomic E-state index is 0.0357. The lowest BCUT2D eigenvalue weighted by molar-refractivity contribution is -0.151. The van der Waals surface area contributed by atoms with Gasteiger partial charge in [-0.15, -0.1) is 0 Å². The van der Waals surface area contributed by atoms with E-state index < -0.39 is 0 Å². The van der Waals surface area contributed by atoms with Gasteiger partial charge in [0, 0.05) is 18.8 Å². The first-order valence-electron chi connectivity index (χ1n) is 13.1. The maximum absolute atomic E-state index is 13.2. The Morgan fingerprint density at radius 2 is 1.47 bits per heavy atom. The first kappa shape index (κ1) is 26.9. The van der Waals surface area contributed by atoms with Gasteiger partial charge in [0.15, 0.2) is 6.61 Å². The summed E-state index contributed by atoms with van der Waals surface area (Å²) in [7, 11) is 0. The third kappa shape index (κ3) is 7.44. The Hall–Kier alpha value is -4.13. The number of carbonyl (C=O) groups excluding carboxylic acids is 3. The van der Waals surface area contributed by atoms with Crippen LogP contribution in [0.3, 0.4) is 0 Å². The molecule has 1 fully saturated rings. The molecule has 7 nitrogen and oxygen atoms in total. The summed E-state index contributed by atoms with van der Waals surface area (Å²) in [5.41, 5.74) is 2.62. The van der Waals surface area contributed by atoms with Gasteiger partial charge in [-0.25, -0.2) is 0 Å². The zero-order chi connectivity index (χ0) is 26.7. The van der Waals surface area contributed by atoms with E-state index in [9.17, 15) is 14.4 Å². The predicted octanol–water partition coefficient (Wildman–Crippen LogP) is 4.64. The first-order chi connectivity index (χ1) is 18.5. The molecular weight excluding hydrogens is 480 g/mol. The molecule has 1 aliphatic heterocycles. The molecule has 0 bridgehead atoms. The normalized spacial score (nSPS) is 13.6. The molecule has 0 spiro atoms. The monoisotopic (exact) mass is 514 g/mol. The number of amides is 2. The molecule has 0 saturated carbocycles. The third-order valence-electron chi connectivity index (χ3n) is 6.66. The van der Waals surface area contributed by atoms with E-state index in [2.05, 4.69) is 0 Å². The molecule has 1 saturated heterocycles. The van der Waals surface area contributed by atoms with Crippen LogP contribution in [0.5, 0.6) is 5.75 Å². The summed E-state index contributed by atoms with van der Waals surface area (Å²) in [6.45, 7) is 3.62. The summed E-state index contributed by atoms with van der Waals surface area (Å²) < 4.78 is 10.8. The largest absolute Gasteiger partial charge is 0.484 e. The van der Waals surface area contributed by atoms with Crippen LogP contribution in [0.1, 0.15) is 30.9 Å². The van der Waals surface area contributed by atoms with Crippen LogP contribution in [-0.2, 0) is 32.1 Å². The Morgan fingerprint density at radius 3 is 2.11 bits per heavy atom. The highest BCUT2D eigenvalue weighted by Crippen LogP contribution is 2.22. The minimum atomic E-state index is -0.168. The van der Waals surface area contributed by atoms with Crippen molar-refractivity contribution in [3.63, 3.8) is 0 Å². The van der Waals surface area contributed by atoms with E-state index in [0.717, 1.165) is 16.8 Å². The predicted molar refractivity (Wildman–Crippen MR) is 146 cm³/mol. The Morgan fingerprint density at radius 1 is 0.842 bits per heavy atom. The molecule has 0 radical (unpaired) electrons. The number of rotatable bonds is 10. The lowest BCUT2D eigenvalue weighted by atomic mass is 9.96. The molecule has 38 heavy (non-hydrogen) atoms. The molecule has 198 valence electrons. The van der Waals surface area contributed by atoms with Gasteiger partial charge in [0.1, 0.15) is 5.75 Å². The minimum Gasteiger partial charge on any atom is -0.484 e. The van der Waals surface area contributed by atoms with Gasteiger partial charge in [0.2, 0.25) is 5.91 Å². The molecule has 4 rings (SSSR count). The van der Waals surface area contributed by atoms with Gasteiger partial charge >= 0.3 is 5.97 Å². The van der Waals surface area contributed by atoms with Crippen LogP contribution in [0.15, 0.2) is 84.9 Å². The fourth-order valence-electron chi connectivity index (χ4n) is 4.53. The maximum Gasteiger partial charge on any atom is 0.309 e. The van der Waals surface area contributed by atoms with Gasteiger partial charge in [0.05, 0.1) is 25.5 Å². The maximum atomic E-state index is 13.2. The van der Waals surface area contributed by atoms with Gasteiger partial charge in [-0.05, 0) is 55.2 Å². The van der Waals surface area contributed by atoms with Crippen LogP contribution >= 0.6 is 0 Å². The summed E-state index contributed by atoms with van der Waals surface area (Å²) in [5, 5.41) is 0. The van der Waals surface area contributed by atoms with E-state index in [1.165, 1.54) is 0 Å². The van der Waals surface area contributed by atoms with Crippen LogP contribution in [0.25, 0.3) is 0 Å². The lowest BCUT2D eigenvalue weighted by Crippen LogP contribution is -2.41. The van der Waals surface area contributed by atoms with Gasteiger partial charge < -0.3 is 19.3 Å². The zero-order valence-corrected chi connectivity index (χ0v) is 21.8. The number of nitrogens with zero attached hydrogens (tertiary/aromatic N) is 2. The number of carbonyl (C=O) groups is 3. The van der Waals surface area contributed by atoms with Crippen molar-refractivity contribution >= 4 is 23.5 Å². The van der Waals surface area contributed by atoms with E-state index >= 15 is 0 Å². The van der Waals surface area contributed by atoms with E-state index in [4.69, 9.17) is 9.47 Å². The van der Waals surface area contributed by atoms with Crippen LogP contribution in [0.2, 0.25) is 0 Å². The fourth-order valence-corrected chi connectivity index (χ4v) is 4.53. The number of piperidine rings is 1.